The minimum atomic E-state index is -4.17. The molecule has 3 rings (SSSR count). The minimum absolute atomic E-state index is 0.176. The molecule has 0 aliphatic rings. The van der Waals surface area contributed by atoms with Gasteiger partial charge in [-0.25, -0.2) is 4.79 Å². The van der Waals surface area contributed by atoms with Crippen LogP contribution in [-0.4, -0.2) is 35.9 Å². The van der Waals surface area contributed by atoms with Gasteiger partial charge in [0.05, 0.1) is 12.7 Å². The lowest BCUT2D eigenvalue weighted by atomic mass is 10.1. The molecule has 11 heteroatoms. The molecule has 3 aromatic rings. The molecule has 0 fully saturated rings. The zero-order chi connectivity index (χ0) is 20.3. The van der Waals surface area contributed by atoms with Crippen LogP contribution >= 0.6 is 7.60 Å². The van der Waals surface area contributed by atoms with Gasteiger partial charge in [-0.3, -0.25) is 9.13 Å². The van der Waals surface area contributed by atoms with Crippen molar-refractivity contribution in [3.05, 3.63) is 45.9 Å². The zero-order valence-electron chi connectivity index (χ0n) is 15.4. The number of nitrogens with zero attached hydrogens (tertiary/aromatic N) is 3. The van der Waals surface area contributed by atoms with Crippen molar-refractivity contribution >= 4 is 30.5 Å². The summed E-state index contributed by atoms with van der Waals surface area (Å²) in [6.45, 7) is 2.95. The van der Waals surface area contributed by atoms with Gasteiger partial charge in [0.1, 0.15) is 5.52 Å². The largest absolute Gasteiger partial charge is 0.382 e. The first kappa shape index (κ1) is 20.1. The third-order valence-corrected chi connectivity index (χ3v) is 4.96. The number of rotatable bonds is 8. The predicted molar refractivity (Wildman–Crippen MR) is 107 cm³/mol. The highest BCUT2D eigenvalue weighted by atomic mass is 31.2. The summed E-state index contributed by atoms with van der Waals surface area (Å²) in [5.41, 5.74) is 7.52. The summed E-state index contributed by atoms with van der Waals surface area (Å²) in [5, 5.41) is 3.10. The Morgan fingerprint density at radius 2 is 2.04 bits per heavy atom. The van der Waals surface area contributed by atoms with Crippen molar-refractivity contribution in [2.75, 3.05) is 17.6 Å². The van der Waals surface area contributed by atoms with E-state index in [-0.39, 0.29) is 24.2 Å². The average molecular weight is 406 g/mol. The lowest BCUT2D eigenvalue weighted by molar-refractivity contribution is 0.371. The molecule has 0 amide bonds. The van der Waals surface area contributed by atoms with Gasteiger partial charge in [0.15, 0.2) is 11.5 Å². The summed E-state index contributed by atoms with van der Waals surface area (Å²) in [4.78, 5) is 42.0. The first-order chi connectivity index (χ1) is 13.3. The Hall–Kier alpha value is -2.68. The van der Waals surface area contributed by atoms with Crippen LogP contribution in [0.4, 0.5) is 11.8 Å². The molecular formula is C17H23N6O4P. The SMILES string of the molecule is CCCCNc1nc(N)c2[nH]c(=O)n(Cc3cccc(CP(=O)(O)O)c3)c2n1. The van der Waals surface area contributed by atoms with E-state index in [0.29, 0.717) is 34.8 Å². The predicted octanol–water partition coefficient (Wildman–Crippen LogP) is 1.64. The number of imidazole rings is 1. The Bertz CT molecular complexity index is 1090. The van der Waals surface area contributed by atoms with Crippen LogP contribution in [0.3, 0.4) is 0 Å². The van der Waals surface area contributed by atoms with Gasteiger partial charge >= 0.3 is 13.3 Å². The summed E-state index contributed by atoms with van der Waals surface area (Å²) in [6.07, 6.45) is 1.61. The number of nitrogens with one attached hydrogen (secondary N) is 2. The number of unbranched alkanes of at least 4 members (excludes halogenated alkanes) is 1. The monoisotopic (exact) mass is 406 g/mol. The molecule has 0 radical (unpaired) electrons. The van der Waals surface area contributed by atoms with Gasteiger partial charge in [-0.1, -0.05) is 37.6 Å². The number of hydrogen-bond acceptors (Lipinski definition) is 6. The van der Waals surface area contributed by atoms with Crippen molar-refractivity contribution < 1.29 is 14.4 Å². The fourth-order valence-electron chi connectivity index (χ4n) is 2.90. The van der Waals surface area contributed by atoms with Crippen molar-refractivity contribution in [1.82, 2.24) is 19.5 Å². The lowest BCUT2D eigenvalue weighted by Gasteiger charge is -2.09. The molecule has 2 aromatic heterocycles. The Balaban J connectivity index is 1.94. The van der Waals surface area contributed by atoms with Gasteiger partial charge in [-0.05, 0) is 17.5 Å². The first-order valence-corrected chi connectivity index (χ1v) is 10.7. The maximum atomic E-state index is 12.4. The third kappa shape index (κ3) is 4.78. The topological polar surface area (TPSA) is 159 Å². The van der Waals surface area contributed by atoms with Gasteiger partial charge in [-0.2, -0.15) is 9.97 Å². The van der Waals surface area contributed by atoms with E-state index < -0.39 is 7.60 Å². The van der Waals surface area contributed by atoms with Crippen molar-refractivity contribution in [1.29, 1.82) is 0 Å². The van der Waals surface area contributed by atoms with Crippen LogP contribution in [0, 0.1) is 0 Å². The molecule has 0 saturated heterocycles. The Labute approximate surface area is 161 Å². The van der Waals surface area contributed by atoms with Gasteiger partial charge in [0.25, 0.3) is 0 Å². The highest BCUT2D eigenvalue weighted by Gasteiger charge is 2.16. The Kier molecular flexibility index (Phi) is 5.83. The summed E-state index contributed by atoms with van der Waals surface area (Å²) in [5.74, 6) is 0.525. The van der Waals surface area contributed by atoms with Crippen molar-refractivity contribution in [3.8, 4) is 0 Å². The van der Waals surface area contributed by atoms with Crippen LogP contribution in [0.15, 0.2) is 29.1 Å². The number of benzene rings is 1. The quantitative estimate of drug-likeness (QED) is 0.279. The summed E-state index contributed by atoms with van der Waals surface area (Å²) in [7, 11) is -4.17. The van der Waals surface area contributed by atoms with Crippen LogP contribution < -0.4 is 16.7 Å². The molecule has 0 spiro atoms. The average Bonchev–Trinajstić information content (AvgIpc) is 2.91. The van der Waals surface area contributed by atoms with Crippen molar-refractivity contribution in [2.45, 2.75) is 32.5 Å². The number of nitrogens with two attached hydrogens (primary N) is 1. The molecular weight excluding hydrogens is 383 g/mol. The molecule has 28 heavy (non-hydrogen) atoms. The van der Waals surface area contributed by atoms with Crippen LogP contribution in [0.5, 0.6) is 0 Å². The summed E-state index contributed by atoms with van der Waals surface area (Å²) in [6, 6.07) is 6.77. The fraction of sp³-hybridized carbons (Fsp3) is 0.353. The smallest absolute Gasteiger partial charge is 0.329 e. The molecule has 1 aromatic carbocycles. The second kappa shape index (κ2) is 8.14. The molecule has 0 bridgehead atoms. The van der Waals surface area contributed by atoms with E-state index in [0.717, 1.165) is 12.8 Å². The number of aromatic nitrogens is 4. The number of hydrogen-bond donors (Lipinski definition) is 5. The third-order valence-electron chi connectivity index (χ3n) is 4.18. The molecule has 150 valence electrons. The molecule has 0 atom stereocenters. The zero-order valence-corrected chi connectivity index (χ0v) is 16.3. The minimum Gasteiger partial charge on any atom is -0.382 e. The molecule has 6 N–H and O–H groups in total. The maximum Gasteiger partial charge on any atom is 0.329 e. The summed E-state index contributed by atoms with van der Waals surface area (Å²) >= 11 is 0. The van der Waals surface area contributed by atoms with E-state index in [1.54, 1.807) is 24.3 Å². The van der Waals surface area contributed by atoms with Crippen LogP contribution in [-0.2, 0) is 17.3 Å². The fourth-order valence-corrected chi connectivity index (χ4v) is 3.57. The summed E-state index contributed by atoms with van der Waals surface area (Å²) < 4.78 is 12.7. The van der Waals surface area contributed by atoms with Gasteiger partial charge < -0.3 is 25.8 Å². The van der Waals surface area contributed by atoms with Crippen molar-refractivity contribution in [2.24, 2.45) is 0 Å². The number of fused-ring (bicyclic) bond motifs is 1. The number of nitrogen functional groups attached to an aromatic ring is 1. The van der Waals surface area contributed by atoms with Crippen LogP contribution in [0.25, 0.3) is 11.2 Å². The van der Waals surface area contributed by atoms with Crippen LogP contribution in [0.1, 0.15) is 30.9 Å². The maximum absolute atomic E-state index is 12.4. The second-order valence-corrected chi connectivity index (χ2v) is 8.22. The Morgan fingerprint density at radius 3 is 2.75 bits per heavy atom. The van der Waals surface area contributed by atoms with E-state index in [9.17, 15) is 9.36 Å². The van der Waals surface area contributed by atoms with Crippen molar-refractivity contribution in [3.63, 3.8) is 0 Å². The van der Waals surface area contributed by atoms with Crippen LogP contribution in [0.2, 0.25) is 0 Å². The first-order valence-electron chi connectivity index (χ1n) is 8.89. The molecule has 10 nitrogen and oxygen atoms in total. The van der Waals surface area contributed by atoms with Gasteiger partial charge in [-0.15, -0.1) is 0 Å². The second-order valence-electron chi connectivity index (χ2n) is 6.57. The van der Waals surface area contributed by atoms with E-state index in [1.807, 2.05) is 0 Å². The molecule has 0 aliphatic heterocycles. The highest BCUT2D eigenvalue weighted by Crippen LogP contribution is 2.39. The lowest BCUT2D eigenvalue weighted by Crippen LogP contribution is -2.18. The Morgan fingerprint density at radius 1 is 1.29 bits per heavy atom. The molecule has 2 heterocycles. The highest BCUT2D eigenvalue weighted by molar-refractivity contribution is 7.50. The van der Waals surface area contributed by atoms with E-state index in [2.05, 4.69) is 27.2 Å². The van der Waals surface area contributed by atoms with E-state index >= 15 is 0 Å². The number of anilines is 2. The van der Waals surface area contributed by atoms with Gasteiger partial charge in [0.2, 0.25) is 5.95 Å². The van der Waals surface area contributed by atoms with Gasteiger partial charge in [0, 0.05) is 6.54 Å². The molecule has 0 unspecified atom stereocenters. The number of H-pyrrole nitrogens is 1. The standard InChI is InChI=1S/C17H23N6O4P/c1-2-3-7-19-16-21-14(18)13-15(22-16)23(17(24)20-13)9-11-5-4-6-12(8-11)10-28(25,26)27/h4-6,8H,2-3,7,9-10H2,1H3,(H,20,24)(H2,25,26,27)(H3,18,19,21,22). The molecule has 0 aliphatic carbocycles. The van der Waals surface area contributed by atoms with E-state index in [4.69, 9.17) is 15.5 Å². The normalized spacial score (nSPS) is 11.8. The van der Waals surface area contributed by atoms with E-state index in [1.165, 1.54) is 4.57 Å². The molecule has 0 saturated carbocycles. The number of aromatic amines is 1.